The van der Waals surface area contributed by atoms with E-state index < -0.39 is 5.54 Å². The summed E-state index contributed by atoms with van der Waals surface area (Å²) >= 11 is 0. The quantitative estimate of drug-likeness (QED) is 0.870. The van der Waals surface area contributed by atoms with E-state index in [0.717, 1.165) is 17.6 Å². The van der Waals surface area contributed by atoms with Crippen molar-refractivity contribution in [3.05, 3.63) is 30.6 Å². The zero-order valence-corrected chi connectivity index (χ0v) is 10.1. The highest BCUT2D eigenvalue weighted by molar-refractivity contribution is 5.74. The lowest BCUT2D eigenvalue weighted by Gasteiger charge is -2.23. The summed E-state index contributed by atoms with van der Waals surface area (Å²) in [6.45, 7) is 5.28. The standard InChI is InChI=1S/C13H16N4/c1-3-16-13(2,8-14)9-17-10-15-11-6-4-5-7-12(11)17/h4-7,10,16H,3,9H2,1-2H3. The van der Waals surface area contributed by atoms with Crippen LogP contribution in [0.1, 0.15) is 13.8 Å². The fraction of sp³-hybridized carbons (Fsp3) is 0.385. The molecule has 0 saturated carbocycles. The second-order valence-corrected chi connectivity index (χ2v) is 4.34. The Morgan fingerprint density at radius 3 is 2.94 bits per heavy atom. The van der Waals surface area contributed by atoms with Crippen molar-refractivity contribution in [2.75, 3.05) is 6.54 Å². The van der Waals surface area contributed by atoms with Gasteiger partial charge in [-0.2, -0.15) is 5.26 Å². The van der Waals surface area contributed by atoms with E-state index in [4.69, 9.17) is 0 Å². The zero-order chi connectivity index (χ0) is 12.3. The highest BCUT2D eigenvalue weighted by Gasteiger charge is 2.23. The molecule has 2 rings (SSSR count). The van der Waals surface area contributed by atoms with E-state index in [1.165, 1.54) is 0 Å². The smallest absolute Gasteiger partial charge is 0.122 e. The predicted octanol–water partition coefficient (Wildman–Crippen LogP) is 1.93. The summed E-state index contributed by atoms with van der Waals surface area (Å²) in [4.78, 5) is 4.32. The molecule has 0 aliphatic carbocycles. The number of rotatable bonds is 4. The second-order valence-electron chi connectivity index (χ2n) is 4.34. The highest BCUT2D eigenvalue weighted by atomic mass is 15.1. The molecule has 0 bridgehead atoms. The maximum absolute atomic E-state index is 9.24. The van der Waals surface area contributed by atoms with E-state index in [1.54, 1.807) is 6.33 Å². The van der Waals surface area contributed by atoms with Gasteiger partial charge in [-0.3, -0.25) is 5.32 Å². The minimum atomic E-state index is -0.557. The van der Waals surface area contributed by atoms with Gasteiger partial charge >= 0.3 is 0 Å². The monoisotopic (exact) mass is 228 g/mol. The van der Waals surface area contributed by atoms with Gasteiger partial charge in [0.1, 0.15) is 5.54 Å². The van der Waals surface area contributed by atoms with Crippen molar-refractivity contribution < 1.29 is 0 Å². The topological polar surface area (TPSA) is 53.6 Å². The third kappa shape index (κ3) is 2.29. The lowest BCUT2D eigenvalue weighted by Crippen LogP contribution is -2.44. The number of benzene rings is 1. The summed E-state index contributed by atoms with van der Waals surface area (Å²) in [5, 5.41) is 12.4. The number of fused-ring (bicyclic) bond motifs is 1. The molecule has 4 nitrogen and oxygen atoms in total. The van der Waals surface area contributed by atoms with Gasteiger partial charge in [0.05, 0.1) is 30.0 Å². The SMILES string of the molecule is CCNC(C)(C#N)Cn1cnc2ccccc21. The molecule has 1 aromatic heterocycles. The van der Waals surface area contributed by atoms with Crippen LogP contribution in [0.3, 0.4) is 0 Å². The molecule has 1 N–H and O–H groups in total. The third-order valence-corrected chi connectivity index (χ3v) is 2.83. The van der Waals surface area contributed by atoms with Crippen LogP contribution in [0.4, 0.5) is 0 Å². The van der Waals surface area contributed by atoms with Crippen molar-refractivity contribution in [3.8, 4) is 6.07 Å². The molecule has 88 valence electrons. The number of hydrogen-bond acceptors (Lipinski definition) is 3. The Labute approximate surface area is 101 Å². The lowest BCUT2D eigenvalue weighted by molar-refractivity contribution is 0.402. The van der Waals surface area contributed by atoms with Crippen molar-refractivity contribution >= 4 is 11.0 Å². The average Bonchev–Trinajstić information content (AvgIpc) is 2.73. The molecular formula is C13H16N4. The van der Waals surface area contributed by atoms with Crippen LogP contribution >= 0.6 is 0 Å². The average molecular weight is 228 g/mol. The van der Waals surface area contributed by atoms with E-state index in [1.807, 2.05) is 42.7 Å². The normalized spacial score (nSPS) is 14.4. The Bertz CT molecular complexity index is 552. The Balaban J connectivity index is 2.32. The van der Waals surface area contributed by atoms with Gasteiger partial charge in [0.25, 0.3) is 0 Å². The summed E-state index contributed by atoms with van der Waals surface area (Å²) in [6, 6.07) is 10.3. The molecule has 1 unspecified atom stereocenters. The first-order valence-corrected chi connectivity index (χ1v) is 5.75. The summed E-state index contributed by atoms with van der Waals surface area (Å²) in [5.41, 5.74) is 1.47. The van der Waals surface area contributed by atoms with Gasteiger partial charge in [-0.15, -0.1) is 0 Å². The van der Waals surface area contributed by atoms with E-state index >= 15 is 0 Å². The van der Waals surface area contributed by atoms with Crippen molar-refractivity contribution in [1.29, 1.82) is 5.26 Å². The lowest BCUT2D eigenvalue weighted by atomic mass is 10.0. The summed E-state index contributed by atoms with van der Waals surface area (Å²) in [6.07, 6.45) is 1.79. The zero-order valence-electron chi connectivity index (χ0n) is 10.1. The molecule has 0 aliphatic rings. The number of nitriles is 1. The van der Waals surface area contributed by atoms with Crippen LogP contribution in [0, 0.1) is 11.3 Å². The van der Waals surface area contributed by atoms with Crippen molar-refractivity contribution in [3.63, 3.8) is 0 Å². The molecule has 1 atom stereocenters. The maximum atomic E-state index is 9.24. The summed E-state index contributed by atoms with van der Waals surface area (Å²) < 4.78 is 2.02. The number of para-hydroxylation sites is 2. The van der Waals surface area contributed by atoms with Crippen molar-refractivity contribution in [2.45, 2.75) is 25.9 Å². The van der Waals surface area contributed by atoms with Gasteiger partial charge in [0, 0.05) is 0 Å². The number of likely N-dealkylation sites (N-methyl/N-ethyl adjacent to an activating group) is 1. The number of imidazole rings is 1. The molecule has 0 amide bonds. The van der Waals surface area contributed by atoms with Gasteiger partial charge in [-0.25, -0.2) is 4.98 Å². The highest BCUT2D eigenvalue weighted by Crippen LogP contribution is 2.15. The summed E-state index contributed by atoms with van der Waals surface area (Å²) in [7, 11) is 0. The number of nitrogens with zero attached hydrogens (tertiary/aromatic N) is 3. The molecule has 2 aromatic rings. The van der Waals surface area contributed by atoms with Gasteiger partial charge in [-0.05, 0) is 25.6 Å². The molecule has 0 fully saturated rings. The fourth-order valence-corrected chi connectivity index (χ4v) is 2.00. The second kappa shape index (κ2) is 4.56. The van der Waals surface area contributed by atoms with Gasteiger partial charge in [0.2, 0.25) is 0 Å². The van der Waals surface area contributed by atoms with Crippen LogP contribution in [0.5, 0.6) is 0 Å². The Morgan fingerprint density at radius 1 is 1.47 bits per heavy atom. The minimum Gasteiger partial charge on any atom is -0.328 e. The molecule has 0 radical (unpaired) electrons. The molecule has 0 aliphatic heterocycles. The van der Waals surface area contributed by atoms with E-state index in [9.17, 15) is 5.26 Å². The molecule has 4 heteroatoms. The first-order chi connectivity index (χ1) is 8.18. The van der Waals surface area contributed by atoms with Gasteiger partial charge in [0.15, 0.2) is 0 Å². The van der Waals surface area contributed by atoms with Crippen molar-refractivity contribution in [1.82, 2.24) is 14.9 Å². The largest absolute Gasteiger partial charge is 0.328 e. The Hall–Kier alpha value is -1.86. The van der Waals surface area contributed by atoms with Crippen molar-refractivity contribution in [2.24, 2.45) is 0 Å². The van der Waals surface area contributed by atoms with Gasteiger partial charge < -0.3 is 4.57 Å². The molecular weight excluding hydrogens is 212 g/mol. The molecule has 1 heterocycles. The van der Waals surface area contributed by atoms with E-state index in [0.29, 0.717) is 6.54 Å². The fourth-order valence-electron chi connectivity index (χ4n) is 2.00. The van der Waals surface area contributed by atoms with Crippen LogP contribution in [-0.4, -0.2) is 21.6 Å². The Morgan fingerprint density at radius 2 is 2.24 bits per heavy atom. The summed E-state index contributed by atoms with van der Waals surface area (Å²) in [5.74, 6) is 0. The van der Waals surface area contributed by atoms with Crippen LogP contribution in [0.2, 0.25) is 0 Å². The van der Waals surface area contributed by atoms with Crippen LogP contribution in [0.15, 0.2) is 30.6 Å². The van der Waals surface area contributed by atoms with Crippen LogP contribution < -0.4 is 5.32 Å². The number of hydrogen-bond donors (Lipinski definition) is 1. The number of aromatic nitrogens is 2. The first kappa shape index (κ1) is 11.6. The predicted molar refractivity (Wildman–Crippen MR) is 67.4 cm³/mol. The maximum Gasteiger partial charge on any atom is 0.122 e. The van der Waals surface area contributed by atoms with E-state index in [2.05, 4.69) is 16.4 Å². The number of nitrogens with one attached hydrogen (secondary N) is 1. The molecule has 0 spiro atoms. The molecule has 1 aromatic carbocycles. The first-order valence-electron chi connectivity index (χ1n) is 5.75. The van der Waals surface area contributed by atoms with Gasteiger partial charge in [-0.1, -0.05) is 19.1 Å². The molecule has 0 saturated heterocycles. The van der Waals surface area contributed by atoms with Crippen LogP contribution in [0.25, 0.3) is 11.0 Å². The van der Waals surface area contributed by atoms with E-state index in [-0.39, 0.29) is 0 Å². The molecule has 17 heavy (non-hydrogen) atoms. The Kier molecular flexibility index (Phi) is 3.12. The third-order valence-electron chi connectivity index (χ3n) is 2.83. The minimum absolute atomic E-state index is 0.557. The van der Waals surface area contributed by atoms with Crippen LogP contribution in [-0.2, 0) is 6.54 Å².